The first kappa shape index (κ1) is 19.8. The first-order chi connectivity index (χ1) is 16.3. The van der Waals surface area contributed by atoms with Gasteiger partial charge < -0.3 is 14.2 Å². The third-order valence-electron chi connectivity index (χ3n) is 6.75. The van der Waals surface area contributed by atoms with E-state index in [0.29, 0.717) is 25.7 Å². The van der Waals surface area contributed by atoms with E-state index in [1.807, 2.05) is 36.5 Å². The zero-order valence-electron chi connectivity index (χ0n) is 19.5. The second kappa shape index (κ2) is 9.72. The Bertz CT molecular complexity index is 1110. The van der Waals surface area contributed by atoms with E-state index in [2.05, 4.69) is 42.4 Å². The minimum absolute atomic E-state index is 0.350. The van der Waals surface area contributed by atoms with Crippen molar-refractivity contribution in [2.45, 2.75) is 37.8 Å². The second-order valence-corrected chi connectivity index (χ2v) is 8.73. The molecule has 0 spiro atoms. The van der Waals surface area contributed by atoms with E-state index in [-0.39, 0.29) is 0 Å². The number of aromatic nitrogens is 3. The number of benzene rings is 1. The maximum absolute atomic E-state index is 7.57. The van der Waals surface area contributed by atoms with E-state index in [4.69, 9.17) is 6.11 Å². The molecule has 1 saturated heterocycles. The Hall–Kier alpha value is -2.88. The maximum atomic E-state index is 7.57. The number of hydrogen-bond donors (Lipinski definition) is 0. The smallest absolute Gasteiger partial charge is 0.149 e. The van der Waals surface area contributed by atoms with Gasteiger partial charge in [-0.25, -0.2) is 9.97 Å². The summed E-state index contributed by atoms with van der Waals surface area (Å²) in [6, 6.07) is 10.9. The van der Waals surface area contributed by atoms with Gasteiger partial charge in [0.05, 0.1) is 10.9 Å². The Morgan fingerprint density at radius 1 is 1.06 bits per heavy atom. The fourth-order valence-corrected chi connectivity index (χ4v) is 4.96. The zero-order valence-corrected chi connectivity index (χ0v) is 18.5. The van der Waals surface area contributed by atoms with Crippen LogP contribution in [0.3, 0.4) is 0 Å². The summed E-state index contributed by atoms with van der Waals surface area (Å²) >= 11 is 0. The van der Waals surface area contributed by atoms with Gasteiger partial charge in [0.2, 0.25) is 0 Å². The number of nitrogens with zero attached hydrogens (tertiary/aromatic N) is 5. The van der Waals surface area contributed by atoms with E-state index in [0.717, 1.165) is 61.4 Å². The van der Waals surface area contributed by atoms with Crippen molar-refractivity contribution in [3.63, 3.8) is 0 Å². The Balaban J connectivity index is 1.25. The second-order valence-electron chi connectivity index (χ2n) is 8.73. The quantitative estimate of drug-likeness (QED) is 0.592. The van der Waals surface area contributed by atoms with Crippen molar-refractivity contribution >= 4 is 11.0 Å². The molecule has 0 unspecified atom stereocenters. The molecule has 1 saturated carbocycles. The highest BCUT2D eigenvalue weighted by Crippen LogP contribution is 2.34. The lowest BCUT2D eigenvalue weighted by Gasteiger charge is -2.41. The van der Waals surface area contributed by atoms with Gasteiger partial charge in [0.15, 0.2) is 0 Å². The molecule has 5 rings (SSSR count). The minimum atomic E-state index is 0.350. The maximum Gasteiger partial charge on any atom is 0.149 e. The number of ether oxygens (including phenoxy) is 1. The summed E-state index contributed by atoms with van der Waals surface area (Å²) in [6.45, 7) is 4.59. The third-order valence-corrected chi connectivity index (χ3v) is 6.75. The molecule has 0 amide bonds. The molecule has 0 atom stereocenters. The van der Waals surface area contributed by atoms with Crippen LogP contribution in [0.15, 0.2) is 49.1 Å². The van der Waals surface area contributed by atoms with Crippen LogP contribution < -0.4 is 4.74 Å². The van der Waals surface area contributed by atoms with Crippen LogP contribution in [0.5, 0.6) is 5.75 Å². The molecule has 166 valence electrons. The largest absolute Gasteiger partial charge is 0.481 e. The first-order valence-corrected chi connectivity index (χ1v) is 11.5. The van der Waals surface area contributed by atoms with Crippen LogP contribution in [0.1, 0.15) is 38.7 Å². The molecular weight excluding hydrogens is 398 g/mol. The summed E-state index contributed by atoms with van der Waals surface area (Å²) in [5.41, 5.74) is 1.95. The van der Waals surface area contributed by atoms with E-state index in [1.165, 1.54) is 12.8 Å². The molecule has 2 fully saturated rings. The molecule has 2 aliphatic rings. The van der Waals surface area contributed by atoms with Gasteiger partial charge in [-0.3, -0.25) is 4.90 Å². The summed E-state index contributed by atoms with van der Waals surface area (Å²) in [4.78, 5) is 13.7. The van der Waals surface area contributed by atoms with E-state index in [9.17, 15) is 0 Å². The highest BCUT2D eigenvalue weighted by molar-refractivity contribution is 5.83. The summed E-state index contributed by atoms with van der Waals surface area (Å²) in [5.74, 6) is 7.26. The standard InChI is InChI=1S/C26H31N5O/c1-29-13-15-30(16-14-29)22-9-11-23(12-10-22)31-19-21(25-18-27-20-28-26(25)31)6-5-17-32-24-7-3-2-4-8-24/h2-4,7-8,18-20,22-23H,9-17H2,1H3/i1D. The van der Waals surface area contributed by atoms with Crippen molar-refractivity contribution in [3.05, 3.63) is 54.6 Å². The summed E-state index contributed by atoms with van der Waals surface area (Å²) in [7, 11) is 0.423. The van der Waals surface area contributed by atoms with Crippen LogP contribution in [0.2, 0.25) is 0 Å². The average molecular weight is 431 g/mol. The molecule has 3 heterocycles. The van der Waals surface area contributed by atoms with Gasteiger partial charge in [-0.1, -0.05) is 30.0 Å². The molecule has 6 heteroatoms. The Morgan fingerprint density at radius 3 is 2.62 bits per heavy atom. The minimum Gasteiger partial charge on any atom is -0.481 e. The lowest BCUT2D eigenvalue weighted by molar-refractivity contribution is 0.0827. The molecule has 1 aromatic carbocycles. The molecule has 0 radical (unpaired) electrons. The molecule has 32 heavy (non-hydrogen) atoms. The zero-order chi connectivity index (χ0) is 22.5. The molecule has 2 aromatic heterocycles. The summed E-state index contributed by atoms with van der Waals surface area (Å²) in [6.07, 6.45) is 10.4. The van der Waals surface area contributed by atoms with Crippen molar-refractivity contribution in [2.24, 2.45) is 0 Å². The van der Waals surface area contributed by atoms with Gasteiger partial charge >= 0.3 is 0 Å². The van der Waals surface area contributed by atoms with Gasteiger partial charge in [-0.05, 0) is 44.8 Å². The van der Waals surface area contributed by atoms with Crippen LogP contribution in [-0.4, -0.2) is 70.2 Å². The van der Waals surface area contributed by atoms with Crippen molar-refractivity contribution in [1.29, 1.82) is 0 Å². The number of rotatable bonds is 4. The highest BCUT2D eigenvalue weighted by atomic mass is 16.5. The Morgan fingerprint density at radius 2 is 1.84 bits per heavy atom. The Kier molecular flexibility index (Phi) is 6.01. The molecular formula is C26H31N5O. The Labute approximate surface area is 191 Å². The predicted molar refractivity (Wildman–Crippen MR) is 127 cm³/mol. The fourth-order valence-electron chi connectivity index (χ4n) is 4.96. The molecule has 3 aromatic rings. The van der Waals surface area contributed by atoms with Gasteiger partial charge in [0.25, 0.3) is 0 Å². The molecule has 0 bridgehead atoms. The molecule has 0 N–H and O–H groups in total. The van der Waals surface area contributed by atoms with Crippen LogP contribution in [0, 0.1) is 11.8 Å². The highest BCUT2D eigenvalue weighted by Gasteiger charge is 2.29. The van der Waals surface area contributed by atoms with Crippen LogP contribution in [0.25, 0.3) is 11.0 Å². The van der Waals surface area contributed by atoms with E-state index < -0.39 is 0 Å². The SMILES string of the molecule is [2H]CN1CCN(C2CCC(n3cc(C#CCOc4ccccc4)c4cncnc43)CC2)CC1. The number of likely N-dealkylation sites (N-methyl/N-ethyl adjacent to an activating group) is 1. The molecule has 1 aliphatic heterocycles. The van der Waals surface area contributed by atoms with E-state index >= 15 is 0 Å². The van der Waals surface area contributed by atoms with Crippen LogP contribution >= 0.6 is 0 Å². The lowest BCUT2D eigenvalue weighted by Crippen LogP contribution is -2.49. The van der Waals surface area contributed by atoms with Gasteiger partial charge in [-0.2, -0.15) is 0 Å². The molecule has 1 aliphatic carbocycles. The van der Waals surface area contributed by atoms with Gasteiger partial charge in [0.1, 0.15) is 24.3 Å². The van der Waals surface area contributed by atoms with Crippen LogP contribution in [0.4, 0.5) is 0 Å². The number of piperazine rings is 1. The topological polar surface area (TPSA) is 46.4 Å². The number of para-hydroxylation sites is 1. The predicted octanol–water partition coefficient (Wildman–Crippen LogP) is 3.59. The number of hydrogen-bond acceptors (Lipinski definition) is 5. The number of fused-ring (bicyclic) bond motifs is 1. The van der Waals surface area contributed by atoms with Crippen LogP contribution in [-0.2, 0) is 0 Å². The summed E-state index contributed by atoms with van der Waals surface area (Å²) in [5, 5.41) is 1.01. The average Bonchev–Trinajstić information content (AvgIpc) is 3.26. The monoisotopic (exact) mass is 430 g/mol. The van der Waals surface area contributed by atoms with Crippen molar-refractivity contribution in [3.8, 4) is 17.6 Å². The summed E-state index contributed by atoms with van der Waals surface area (Å²) < 4.78 is 15.6. The third kappa shape index (κ3) is 4.64. The van der Waals surface area contributed by atoms with E-state index in [1.54, 1.807) is 6.33 Å². The van der Waals surface area contributed by atoms with Crippen molar-refractivity contribution in [1.82, 2.24) is 24.3 Å². The first-order valence-electron chi connectivity index (χ1n) is 12.3. The van der Waals surface area contributed by atoms with Crippen molar-refractivity contribution in [2.75, 3.05) is 39.8 Å². The lowest BCUT2D eigenvalue weighted by atomic mass is 9.89. The molecule has 6 nitrogen and oxygen atoms in total. The fraction of sp³-hybridized carbons (Fsp3) is 0.462. The van der Waals surface area contributed by atoms with Gasteiger partial charge in [0, 0.05) is 52.0 Å². The normalized spacial score (nSPS) is 22.8. The van der Waals surface area contributed by atoms with Gasteiger partial charge in [-0.15, -0.1) is 0 Å². The van der Waals surface area contributed by atoms with Crippen molar-refractivity contribution < 1.29 is 6.11 Å².